The van der Waals surface area contributed by atoms with Crippen molar-refractivity contribution < 1.29 is 14.7 Å². The van der Waals surface area contributed by atoms with E-state index in [0.29, 0.717) is 11.4 Å². The van der Waals surface area contributed by atoms with Gasteiger partial charge in [-0.05, 0) is 42.8 Å². The maximum Gasteiger partial charge on any atom is 0.335 e. The highest BCUT2D eigenvalue weighted by atomic mass is 16.4. The van der Waals surface area contributed by atoms with Crippen LogP contribution >= 0.6 is 0 Å². The van der Waals surface area contributed by atoms with Crippen LogP contribution < -0.4 is 5.32 Å². The Morgan fingerprint density at radius 3 is 2.32 bits per heavy atom. The molecule has 0 aliphatic heterocycles. The summed E-state index contributed by atoms with van der Waals surface area (Å²) in [5.74, 6) is -0.846. The average Bonchev–Trinajstić information content (AvgIpc) is 2.41. The molecule has 1 amide bonds. The van der Waals surface area contributed by atoms with E-state index in [4.69, 9.17) is 5.11 Å². The fraction of sp³-hybridized carbons (Fsp3) is 0.0714. The van der Waals surface area contributed by atoms with Crippen LogP contribution in [0, 0.1) is 6.92 Å². The maximum atomic E-state index is 11.9. The summed E-state index contributed by atoms with van der Waals surface area (Å²) in [5, 5.41) is 11.5. The van der Waals surface area contributed by atoms with Gasteiger partial charge in [-0.15, -0.1) is 0 Å². The molecule has 5 heteroatoms. The predicted octanol–water partition coefficient (Wildman–Crippen LogP) is 2.34. The number of carboxylic acids is 1. The summed E-state index contributed by atoms with van der Waals surface area (Å²) in [7, 11) is 0. The van der Waals surface area contributed by atoms with E-state index in [-0.39, 0.29) is 11.5 Å². The van der Waals surface area contributed by atoms with Gasteiger partial charge in [-0.2, -0.15) is 0 Å². The van der Waals surface area contributed by atoms with Gasteiger partial charge >= 0.3 is 5.97 Å². The van der Waals surface area contributed by atoms with Gasteiger partial charge in [-0.3, -0.25) is 4.79 Å². The van der Waals surface area contributed by atoms with E-state index < -0.39 is 5.97 Å². The fourth-order valence-electron chi connectivity index (χ4n) is 1.56. The Labute approximate surface area is 109 Å². The van der Waals surface area contributed by atoms with Crippen molar-refractivity contribution in [1.29, 1.82) is 0 Å². The average molecular weight is 256 g/mol. The van der Waals surface area contributed by atoms with E-state index in [2.05, 4.69) is 10.3 Å². The largest absolute Gasteiger partial charge is 0.478 e. The predicted molar refractivity (Wildman–Crippen MR) is 70.3 cm³/mol. The van der Waals surface area contributed by atoms with Gasteiger partial charge in [0.15, 0.2) is 0 Å². The van der Waals surface area contributed by atoms with E-state index in [1.54, 1.807) is 12.3 Å². The highest BCUT2D eigenvalue weighted by Gasteiger charge is 2.09. The van der Waals surface area contributed by atoms with Crippen molar-refractivity contribution in [1.82, 2.24) is 4.98 Å². The lowest BCUT2D eigenvalue weighted by Crippen LogP contribution is -2.14. The second-order valence-electron chi connectivity index (χ2n) is 4.01. The lowest BCUT2D eigenvalue weighted by atomic mass is 10.1. The topological polar surface area (TPSA) is 79.3 Å². The number of nitrogens with one attached hydrogen (secondary N) is 1. The SMILES string of the molecule is Cc1cccnc1NC(=O)c1ccc(C(=O)O)cc1. The molecule has 5 nitrogen and oxygen atoms in total. The Kier molecular flexibility index (Phi) is 3.56. The van der Waals surface area contributed by atoms with Crippen molar-refractivity contribution in [3.8, 4) is 0 Å². The number of amides is 1. The minimum absolute atomic E-state index is 0.144. The summed E-state index contributed by atoms with van der Waals surface area (Å²) >= 11 is 0. The first-order chi connectivity index (χ1) is 9.08. The smallest absolute Gasteiger partial charge is 0.335 e. The molecule has 0 unspecified atom stereocenters. The van der Waals surface area contributed by atoms with Crippen LogP contribution in [0.4, 0.5) is 5.82 Å². The van der Waals surface area contributed by atoms with Crippen LogP contribution in [0.3, 0.4) is 0 Å². The van der Waals surface area contributed by atoms with Crippen LogP contribution in [0.25, 0.3) is 0 Å². The minimum atomic E-state index is -1.02. The van der Waals surface area contributed by atoms with Gasteiger partial charge < -0.3 is 10.4 Å². The Bertz CT molecular complexity index is 621. The van der Waals surface area contributed by atoms with Crippen LogP contribution in [0.5, 0.6) is 0 Å². The number of pyridine rings is 1. The van der Waals surface area contributed by atoms with Gasteiger partial charge in [0, 0.05) is 11.8 Å². The van der Waals surface area contributed by atoms with Gasteiger partial charge in [0.25, 0.3) is 5.91 Å². The molecular weight excluding hydrogens is 244 g/mol. The number of hydrogen-bond acceptors (Lipinski definition) is 3. The molecule has 0 bridgehead atoms. The molecule has 0 saturated carbocycles. The van der Waals surface area contributed by atoms with Gasteiger partial charge in [0.2, 0.25) is 0 Å². The van der Waals surface area contributed by atoms with Crippen molar-refractivity contribution >= 4 is 17.7 Å². The van der Waals surface area contributed by atoms with E-state index in [9.17, 15) is 9.59 Å². The maximum absolute atomic E-state index is 11.9. The number of carbonyl (C=O) groups is 2. The number of aryl methyl sites for hydroxylation is 1. The molecule has 2 N–H and O–H groups in total. The molecule has 0 atom stereocenters. The highest BCUT2D eigenvalue weighted by Crippen LogP contribution is 2.12. The van der Waals surface area contributed by atoms with Crippen LogP contribution in [0.1, 0.15) is 26.3 Å². The zero-order valence-electron chi connectivity index (χ0n) is 10.3. The summed E-state index contributed by atoms with van der Waals surface area (Å²) in [6.07, 6.45) is 1.59. The third-order valence-corrected chi connectivity index (χ3v) is 2.64. The monoisotopic (exact) mass is 256 g/mol. The van der Waals surface area contributed by atoms with Crippen LogP contribution in [0.15, 0.2) is 42.6 Å². The van der Waals surface area contributed by atoms with Crippen molar-refractivity contribution in [3.63, 3.8) is 0 Å². The van der Waals surface area contributed by atoms with Gasteiger partial charge in [0.05, 0.1) is 5.56 Å². The fourth-order valence-corrected chi connectivity index (χ4v) is 1.56. The summed E-state index contributed by atoms with van der Waals surface area (Å²) in [6, 6.07) is 9.35. The van der Waals surface area contributed by atoms with Crippen LogP contribution in [0.2, 0.25) is 0 Å². The molecule has 0 fully saturated rings. The normalized spacial score (nSPS) is 9.95. The molecule has 2 rings (SSSR count). The van der Waals surface area contributed by atoms with Crippen molar-refractivity contribution in [2.24, 2.45) is 0 Å². The minimum Gasteiger partial charge on any atom is -0.478 e. The number of carbonyl (C=O) groups excluding carboxylic acids is 1. The van der Waals surface area contributed by atoms with E-state index >= 15 is 0 Å². The zero-order chi connectivity index (χ0) is 13.8. The van der Waals surface area contributed by atoms with E-state index in [1.165, 1.54) is 24.3 Å². The highest BCUT2D eigenvalue weighted by molar-refractivity contribution is 6.04. The van der Waals surface area contributed by atoms with Gasteiger partial charge in [-0.25, -0.2) is 9.78 Å². The molecule has 0 aliphatic carbocycles. The first-order valence-corrected chi connectivity index (χ1v) is 5.64. The third-order valence-electron chi connectivity index (χ3n) is 2.64. The standard InChI is InChI=1S/C14H12N2O3/c1-9-3-2-8-15-12(9)16-13(17)10-4-6-11(7-5-10)14(18)19/h2-8H,1H3,(H,18,19)(H,15,16,17). The molecule has 0 aliphatic rings. The van der Waals surface area contributed by atoms with Crippen LogP contribution in [-0.2, 0) is 0 Å². The lowest BCUT2D eigenvalue weighted by Gasteiger charge is -2.06. The van der Waals surface area contributed by atoms with Gasteiger partial charge in [-0.1, -0.05) is 6.07 Å². The van der Waals surface area contributed by atoms with E-state index in [0.717, 1.165) is 5.56 Å². The molecule has 0 saturated heterocycles. The first kappa shape index (κ1) is 12.8. The number of carboxylic acid groups (broad SMARTS) is 1. The van der Waals surface area contributed by atoms with Crippen LogP contribution in [-0.4, -0.2) is 22.0 Å². The Morgan fingerprint density at radius 2 is 1.74 bits per heavy atom. The van der Waals surface area contributed by atoms with Crippen molar-refractivity contribution in [2.75, 3.05) is 5.32 Å². The number of benzene rings is 1. The Hall–Kier alpha value is -2.69. The van der Waals surface area contributed by atoms with Crippen molar-refractivity contribution in [3.05, 3.63) is 59.3 Å². The number of hydrogen-bond donors (Lipinski definition) is 2. The third kappa shape index (κ3) is 2.95. The van der Waals surface area contributed by atoms with E-state index in [1.807, 2.05) is 13.0 Å². The molecule has 0 radical (unpaired) electrons. The molecule has 96 valence electrons. The molecule has 1 heterocycles. The zero-order valence-corrected chi connectivity index (χ0v) is 10.3. The second-order valence-corrected chi connectivity index (χ2v) is 4.01. The Balaban J connectivity index is 2.16. The number of nitrogens with zero attached hydrogens (tertiary/aromatic N) is 1. The molecule has 1 aromatic heterocycles. The Morgan fingerprint density at radius 1 is 1.11 bits per heavy atom. The first-order valence-electron chi connectivity index (χ1n) is 5.64. The molecular formula is C14H12N2O3. The summed E-state index contributed by atoms with van der Waals surface area (Å²) < 4.78 is 0. The lowest BCUT2D eigenvalue weighted by molar-refractivity contribution is 0.0696. The second kappa shape index (κ2) is 5.30. The molecule has 1 aromatic carbocycles. The van der Waals surface area contributed by atoms with Crippen molar-refractivity contribution in [2.45, 2.75) is 6.92 Å². The summed E-state index contributed by atoms with van der Waals surface area (Å²) in [4.78, 5) is 26.7. The quantitative estimate of drug-likeness (QED) is 0.883. The molecule has 2 aromatic rings. The van der Waals surface area contributed by atoms with Gasteiger partial charge in [0.1, 0.15) is 5.82 Å². The summed E-state index contributed by atoms with van der Waals surface area (Å²) in [6.45, 7) is 1.84. The number of aromatic carboxylic acids is 1. The molecule has 0 spiro atoms. The molecule has 19 heavy (non-hydrogen) atoms. The number of rotatable bonds is 3. The number of aromatic nitrogens is 1. The number of anilines is 1. The summed E-state index contributed by atoms with van der Waals surface area (Å²) in [5.41, 5.74) is 1.39.